The normalized spacial score (nSPS) is 26.8. The standard InChI is InChI=1S/C8H16N2O/c1-2-10-6-4-3-5-7(10)8(9)11/h7H,2-6H2,1H3,(H2,9,11)/t7-/m1/s1. The van der Waals surface area contributed by atoms with Crippen LogP contribution >= 0.6 is 0 Å². The first-order valence-corrected chi connectivity index (χ1v) is 4.29. The Hall–Kier alpha value is -0.570. The molecule has 1 aliphatic rings. The zero-order valence-corrected chi connectivity index (χ0v) is 7.05. The third kappa shape index (κ3) is 1.93. The maximum absolute atomic E-state index is 10.9. The molecule has 1 rings (SSSR count). The van der Waals surface area contributed by atoms with Gasteiger partial charge in [0.15, 0.2) is 0 Å². The lowest BCUT2D eigenvalue weighted by atomic mass is 10.0. The summed E-state index contributed by atoms with van der Waals surface area (Å²) in [6.07, 6.45) is 3.30. The Morgan fingerprint density at radius 1 is 1.64 bits per heavy atom. The van der Waals surface area contributed by atoms with E-state index < -0.39 is 0 Å². The quantitative estimate of drug-likeness (QED) is 0.627. The maximum Gasteiger partial charge on any atom is 0.234 e. The van der Waals surface area contributed by atoms with Crippen LogP contribution in [0, 0.1) is 0 Å². The molecule has 3 nitrogen and oxygen atoms in total. The van der Waals surface area contributed by atoms with E-state index in [1.165, 1.54) is 6.42 Å². The minimum absolute atomic E-state index is 0.00810. The van der Waals surface area contributed by atoms with Crippen LogP contribution in [0.5, 0.6) is 0 Å². The monoisotopic (exact) mass is 156 g/mol. The van der Waals surface area contributed by atoms with Gasteiger partial charge in [0.05, 0.1) is 6.04 Å². The summed E-state index contributed by atoms with van der Waals surface area (Å²) in [7, 11) is 0. The van der Waals surface area contributed by atoms with Gasteiger partial charge in [-0.05, 0) is 25.9 Å². The number of rotatable bonds is 2. The summed E-state index contributed by atoms with van der Waals surface area (Å²) in [6, 6.07) is 0.00810. The lowest BCUT2D eigenvalue weighted by molar-refractivity contribution is -0.124. The fourth-order valence-corrected chi connectivity index (χ4v) is 1.69. The molecule has 0 aromatic rings. The minimum Gasteiger partial charge on any atom is -0.368 e. The molecule has 0 aliphatic carbocycles. The molecule has 64 valence electrons. The third-order valence-corrected chi connectivity index (χ3v) is 2.35. The Morgan fingerprint density at radius 3 is 2.82 bits per heavy atom. The van der Waals surface area contributed by atoms with Gasteiger partial charge in [-0.2, -0.15) is 0 Å². The number of amides is 1. The zero-order valence-electron chi connectivity index (χ0n) is 7.05. The summed E-state index contributed by atoms with van der Waals surface area (Å²) in [5.74, 6) is -0.161. The second kappa shape index (κ2) is 3.72. The highest BCUT2D eigenvalue weighted by Gasteiger charge is 2.24. The number of carbonyl (C=O) groups is 1. The predicted octanol–water partition coefficient (Wildman–Crippen LogP) is 0.346. The molecule has 1 amide bonds. The number of carbonyl (C=O) groups excluding carboxylic acids is 1. The zero-order chi connectivity index (χ0) is 8.27. The van der Waals surface area contributed by atoms with Gasteiger partial charge in [-0.25, -0.2) is 0 Å². The second-order valence-corrected chi connectivity index (χ2v) is 3.04. The summed E-state index contributed by atoms with van der Waals surface area (Å²) in [4.78, 5) is 13.1. The molecular formula is C8H16N2O. The van der Waals surface area contributed by atoms with Crippen LogP contribution in [-0.4, -0.2) is 29.9 Å². The van der Waals surface area contributed by atoms with Crippen LogP contribution < -0.4 is 5.73 Å². The van der Waals surface area contributed by atoms with Gasteiger partial charge in [-0.3, -0.25) is 9.69 Å². The number of likely N-dealkylation sites (N-methyl/N-ethyl adjacent to an activating group) is 1. The van der Waals surface area contributed by atoms with Crippen molar-refractivity contribution in [1.29, 1.82) is 0 Å². The minimum atomic E-state index is -0.161. The Morgan fingerprint density at radius 2 is 2.36 bits per heavy atom. The fraction of sp³-hybridized carbons (Fsp3) is 0.875. The average molecular weight is 156 g/mol. The van der Waals surface area contributed by atoms with E-state index in [2.05, 4.69) is 11.8 Å². The van der Waals surface area contributed by atoms with Crippen LogP contribution in [-0.2, 0) is 4.79 Å². The first-order chi connectivity index (χ1) is 5.25. The number of piperidine rings is 1. The summed E-state index contributed by atoms with van der Waals surface area (Å²) < 4.78 is 0. The maximum atomic E-state index is 10.9. The van der Waals surface area contributed by atoms with E-state index in [9.17, 15) is 4.79 Å². The van der Waals surface area contributed by atoms with Crippen LogP contribution in [0.2, 0.25) is 0 Å². The smallest absolute Gasteiger partial charge is 0.234 e. The van der Waals surface area contributed by atoms with Crippen molar-refractivity contribution in [2.24, 2.45) is 5.73 Å². The van der Waals surface area contributed by atoms with Crippen molar-refractivity contribution in [3.63, 3.8) is 0 Å². The molecule has 2 N–H and O–H groups in total. The van der Waals surface area contributed by atoms with Crippen LogP contribution in [0.4, 0.5) is 0 Å². The van der Waals surface area contributed by atoms with E-state index in [4.69, 9.17) is 5.73 Å². The number of nitrogens with two attached hydrogens (primary N) is 1. The first kappa shape index (κ1) is 8.53. The summed E-state index contributed by atoms with van der Waals surface area (Å²) in [5, 5.41) is 0. The Labute approximate surface area is 67.5 Å². The van der Waals surface area contributed by atoms with Crippen LogP contribution in [0.15, 0.2) is 0 Å². The van der Waals surface area contributed by atoms with Crippen molar-refractivity contribution < 1.29 is 4.79 Å². The van der Waals surface area contributed by atoms with Gasteiger partial charge in [0, 0.05) is 0 Å². The second-order valence-electron chi connectivity index (χ2n) is 3.04. The molecule has 0 radical (unpaired) electrons. The van der Waals surface area contributed by atoms with Gasteiger partial charge in [0.2, 0.25) is 5.91 Å². The molecule has 0 aromatic heterocycles. The molecular weight excluding hydrogens is 140 g/mol. The van der Waals surface area contributed by atoms with Crippen molar-refractivity contribution in [2.75, 3.05) is 13.1 Å². The van der Waals surface area contributed by atoms with E-state index >= 15 is 0 Å². The van der Waals surface area contributed by atoms with Crippen molar-refractivity contribution in [1.82, 2.24) is 4.90 Å². The number of likely N-dealkylation sites (tertiary alicyclic amines) is 1. The van der Waals surface area contributed by atoms with E-state index in [1.807, 2.05) is 0 Å². The van der Waals surface area contributed by atoms with Crippen LogP contribution in [0.1, 0.15) is 26.2 Å². The van der Waals surface area contributed by atoms with Crippen LogP contribution in [0.25, 0.3) is 0 Å². The van der Waals surface area contributed by atoms with Crippen molar-refractivity contribution in [2.45, 2.75) is 32.2 Å². The molecule has 1 aliphatic heterocycles. The fourth-order valence-electron chi connectivity index (χ4n) is 1.69. The SMILES string of the molecule is CCN1CCCC[C@@H]1C(N)=O. The highest BCUT2D eigenvalue weighted by molar-refractivity contribution is 5.79. The van der Waals surface area contributed by atoms with Crippen molar-refractivity contribution >= 4 is 5.91 Å². The largest absolute Gasteiger partial charge is 0.368 e. The van der Waals surface area contributed by atoms with E-state index in [0.717, 1.165) is 25.9 Å². The van der Waals surface area contributed by atoms with Gasteiger partial charge in [0.1, 0.15) is 0 Å². The van der Waals surface area contributed by atoms with Gasteiger partial charge in [-0.15, -0.1) is 0 Å². The number of primary amides is 1. The van der Waals surface area contributed by atoms with Gasteiger partial charge < -0.3 is 5.73 Å². The highest BCUT2D eigenvalue weighted by atomic mass is 16.1. The van der Waals surface area contributed by atoms with Crippen molar-refractivity contribution in [3.8, 4) is 0 Å². The topological polar surface area (TPSA) is 46.3 Å². The van der Waals surface area contributed by atoms with E-state index in [1.54, 1.807) is 0 Å². The molecule has 1 saturated heterocycles. The Balaban J connectivity index is 2.51. The lowest BCUT2D eigenvalue weighted by Crippen LogP contribution is -2.47. The van der Waals surface area contributed by atoms with Gasteiger partial charge in [-0.1, -0.05) is 13.3 Å². The van der Waals surface area contributed by atoms with Gasteiger partial charge in [0.25, 0.3) is 0 Å². The predicted molar refractivity (Wildman–Crippen MR) is 44.1 cm³/mol. The average Bonchev–Trinajstić information content (AvgIpc) is 2.04. The molecule has 11 heavy (non-hydrogen) atoms. The molecule has 0 aromatic carbocycles. The molecule has 1 heterocycles. The molecule has 0 bridgehead atoms. The summed E-state index contributed by atoms with van der Waals surface area (Å²) in [6.45, 7) is 4.04. The molecule has 0 unspecified atom stereocenters. The Kier molecular flexibility index (Phi) is 2.88. The lowest BCUT2D eigenvalue weighted by Gasteiger charge is -2.32. The van der Waals surface area contributed by atoms with Crippen molar-refractivity contribution in [3.05, 3.63) is 0 Å². The molecule has 1 fully saturated rings. The van der Waals surface area contributed by atoms with E-state index in [-0.39, 0.29) is 11.9 Å². The van der Waals surface area contributed by atoms with Gasteiger partial charge >= 0.3 is 0 Å². The number of nitrogens with zero attached hydrogens (tertiary/aromatic N) is 1. The number of hydrogen-bond donors (Lipinski definition) is 1. The summed E-state index contributed by atoms with van der Waals surface area (Å²) in [5.41, 5.74) is 5.25. The third-order valence-electron chi connectivity index (χ3n) is 2.35. The first-order valence-electron chi connectivity index (χ1n) is 4.29. The molecule has 0 saturated carbocycles. The summed E-state index contributed by atoms with van der Waals surface area (Å²) >= 11 is 0. The molecule has 1 atom stereocenters. The Bertz CT molecular complexity index is 147. The number of hydrogen-bond acceptors (Lipinski definition) is 2. The molecule has 3 heteroatoms. The highest BCUT2D eigenvalue weighted by Crippen LogP contribution is 2.15. The van der Waals surface area contributed by atoms with E-state index in [0.29, 0.717) is 0 Å². The molecule has 0 spiro atoms. The van der Waals surface area contributed by atoms with Crippen LogP contribution in [0.3, 0.4) is 0 Å².